The second-order valence-corrected chi connectivity index (χ2v) is 12.8. The second kappa shape index (κ2) is 12.9. The zero-order valence-electron chi connectivity index (χ0n) is 19.0. The number of likely N-dealkylation sites (tertiary alicyclic amines) is 1. The first kappa shape index (κ1) is 27.9. The van der Waals surface area contributed by atoms with Crippen molar-refractivity contribution < 1.29 is 34.5 Å². The highest BCUT2D eigenvalue weighted by molar-refractivity contribution is 8.00. The summed E-state index contributed by atoms with van der Waals surface area (Å²) in [5.41, 5.74) is -0.634. The summed E-state index contributed by atoms with van der Waals surface area (Å²) >= 11 is 0.185. The molecule has 0 aromatic rings. The highest BCUT2D eigenvalue weighted by Crippen LogP contribution is 2.35. The number of nitrogens with one attached hydrogen (secondary N) is 1. The van der Waals surface area contributed by atoms with Crippen molar-refractivity contribution in [3.05, 3.63) is 12.2 Å². The molecule has 2 fully saturated rings. The minimum atomic E-state index is -1.35. The maximum atomic E-state index is 12.7. The number of aliphatic hydroxyl groups is 3. The summed E-state index contributed by atoms with van der Waals surface area (Å²) < 4.78 is 21.4. The molecule has 0 amide bonds. The molecule has 3 rings (SSSR count). The summed E-state index contributed by atoms with van der Waals surface area (Å²) in [6, 6.07) is -0.429. The molecular formula is C21H38N2O7S2. The fourth-order valence-corrected chi connectivity index (χ4v) is 6.26. The molecule has 0 aliphatic carbocycles. The zero-order valence-corrected chi connectivity index (χ0v) is 20.6. The lowest BCUT2D eigenvalue weighted by molar-refractivity contribution is -0.203. The number of carboxylic acid groups (broad SMARTS) is 1. The Bertz CT molecular complexity index is 601. The fourth-order valence-electron chi connectivity index (χ4n) is 3.99. The topological polar surface area (TPSA) is 146 Å². The highest BCUT2D eigenvalue weighted by Gasteiger charge is 2.48. The Morgan fingerprint density at radius 3 is 2.34 bits per heavy atom. The summed E-state index contributed by atoms with van der Waals surface area (Å²) in [4.78, 5) is 10.8. The van der Waals surface area contributed by atoms with Crippen molar-refractivity contribution in [2.24, 2.45) is 0 Å². The molecule has 0 aromatic carbocycles. The zero-order chi connectivity index (χ0) is 23.9. The van der Waals surface area contributed by atoms with E-state index in [1.165, 1.54) is 24.6 Å². The van der Waals surface area contributed by atoms with Crippen LogP contribution in [-0.4, -0.2) is 102 Å². The molecule has 3 aliphatic rings. The monoisotopic (exact) mass is 494 g/mol. The van der Waals surface area contributed by atoms with E-state index in [0.29, 0.717) is 6.42 Å². The van der Waals surface area contributed by atoms with E-state index < -0.39 is 52.0 Å². The Labute approximate surface area is 197 Å². The van der Waals surface area contributed by atoms with Gasteiger partial charge in [0.25, 0.3) is 6.47 Å². The quantitative estimate of drug-likeness (QED) is 0.212. The van der Waals surface area contributed by atoms with Crippen molar-refractivity contribution >= 4 is 29.6 Å². The van der Waals surface area contributed by atoms with Gasteiger partial charge in [0.1, 0.15) is 34.6 Å². The van der Waals surface area contributed by atoms with Crippen LogP contribution >= 0.6 is 11.8 Å². The van der Waals surface area contributed by atoms with Crippen molar-refractivity contribution in [2.45, 2.75) is 92.3 Å². The molecule has 11 heteroatoms. The van der Waals surface area contributed by atoms with E-state index >= 15 is 0 Å². The lowest BCUT2D eigenvalue weighted by atomic mass is 9.93. The minimum absolute atomic E-state index is 0.236. The molecule has 3 aliphatic heterocycles. The number of thioether (sulfide) groups is 1. The minimum Gasteiger partial charge on any atom is -0.598 e. The van der Waals surface area contributed by atoms with E-state index in [0.717, 1.165) is 26.1 Å². The Balaban J connectivity index is 0.00000114. The highest BCUT2D eigenvalue weighted by atomic mass is 32.2. The van der Waals surface area contributed by atoms with Gasteiger partial charge in [0.15, 0.2) is 0 Å². The summed E-state index contributed by atoms with van der Waals surface area (Å²) in [6.45, 7) is 8.51. The van der Waals surface area contributed by atoms with Gasteiger partial charge in [-0.15, -0.1) is 16.5 Å². The van der Waals surface area contributed by atoms with Crippen molar-refractivity contribution in [3.8, 4) is 0 Å². The first-order valence-electron chi connectivity index (χ1n) is 11.1. The molecular weight excluding hydrogens is 456 g/mol. The molecule has 9 nitrogen and oxygen atoms in total. The van der Waals surface area contributed by atoms with Gasteiger partial charge in [-0.05, 0) is 59.5 Å². The van der Waals surface area contributed by atoms with E-state index in [9.17, 15) is 19.9 Å². The molecule has 186 valence electrons. The van der Waals surface area contributed by atoms with Crippen molar-refractivity contribution in [1.82, 2.24) is 9.62 Å². The Kier molecular flexibility index (Phi) is 11.2. The van der Waals surface area contributed by atoms with Gasteiger partial charge in [-0.3, -0.25) is 4.79 Å². The second-order valence-electron chi connectivity index (χ2n) is 9.36. The number of nitrogens with zero attached hydrogens (tertiary/aromatic N) is 1. The Morgan fingerprint density at radius 2 is 1.75 bits per heavy atom. The third-order valence-electron chi connectivity index (χ3n) is 5.76. The van der Waals surface area contributed by atoms with Crippen LogP contribution in [0.2, 0.25) is 0 Å². The lowest BCUT2D eigenvalue weighted by Crippen LogP contribution is -2.63. The lowest BCUT2D eigenvalue weighted by Gasteiger charge is -2.44. The maximum Gasteiger partial charge on any atom is 0.290 e. The van der Waals surface area contributed by atoms with Crippen molar-refractivity contribution in [3.63, 3.8) is 0 Å². The smallest absolute Gasteiger partial charge is 0.290 e. The first-order chi connectivity index (χ1) is 15.1. The van der Waals surface area contributed by atoms with Gasteiger partial charge in [0.2, 0.25) is 0 Å². The summed E-state index contributed by atoms with van der Waals surface area (Å²) in [5, 5.41) is 38.8. The van der Waals surface area contributed by atoms with Crippen LogP contribution in [0, 0.1) is 0 Å². The molecule has 2 bridgehead atoms. The number of aliphatic hydroxyl groups excluding tert-OH is 3. The summed E-state index contributed by atoms with van der Waals surface area (Å²) in [7, 11) is 0. The molecule has 3 heterocycles. The fraction of sp³-hybridized carbons (Fsp3) is 0.857. The number of rotatable bonds is 4. The molecule has 5 N–H and O–H groups in total. The van der Waals surface area contributed by atoms with E-state index in [4.69, 9.17) is 14.6 Å². The van der Waals surface area contributed by atoms with E-state index in [-0.39, 0.29) is 11.7 Å². The normalized spacial score (nSPS) is 37.3. The molecule has 8 atom stereocenters. The molecule has 2 saturated heterocycles. The first-order valence-corrected chi connectivity index (χ1v) is 13.2. The average molecular weight is 495 g/mol. The maximum absolute atomic E-state index is 12.7. The van der Waals surface area contributed by atoms with Crippen molar-refractivity contribution in [1.29, 1.82) is 0 Å². The Hall–Kier alpha value is -0.370. The number of allylic oxidation sites excluding steroid dienone is 1. The summed E-state index contributed by atoms with van der Waals surface area (Å²) in [5.74, 6) is 0. The van der Waals surface area contributed by atoms with Gasteiger partial charge in [-0.1, -0.05) is 12.2 Å². The van der Waals surface area contributed by atoms with Crippen LogP contribution in [0.1, 0.15) is 46.5 Å². The van der Waals surface area contributed by atoms with Crippen LogP contribution in [-0.2, 0) is 20.9 Å². The molecule has 0 radical (unpaired) electrons. The predicted molar refractivity (Wildman–Crippen MR) is 126 cm³/mol. The molecule has 0 aromatic heterocycles. The van der Waals surface area contributed by atoms with Crippen molar-refractivity contribution in [2.75, 3.05) is 19.6 Å². The van der Waals surface area contributed by atoms with Crippen LogP contribution in [0.4, 0.5) is 0 Å². The van der Waals surface area contributed by atoms with E-state index in [1.807, 2.05) is 26.8 Å². The third-order valence-corrected chi connectivity index (χ3v) is 8.77. The van der Waals surface area contributed by atoms with Gasteiger partial charge < -0.3 is 34.6 Å². The number of fused-ring (bicyclic) bond motifs is 2. The van der Waals surface area contributed by atoms with Crippen LogP contribution in [0.5, 0.6) is 0 Å². The van der Waals surface area contributed by atoms with Gasteiger partial charge in [0, 0.05) is 23.2 Å². The van der Waals surface area contributed by atoms with Crippen LogP contribution in [0.15, 0.2) is 12.2 Å². The Morgan fingerprint density at radius 1 is 1.16 bits per heavy atom. The SMILES string of the molecule is CC(C)(C)[S@@+]([O-])N[C@@H]1CC=CC[C@@H](CN2CCCC2)S[C@H]2O[C@H]1[C@H](O)[C@H](O)[C@H]2O.O=CO. The molecule has 0 saturated carbocycles. The molecule has 0 spiro atoms. The number of carbonyl (C=O) groups is 1. The van der Waals surface area contributed by atoms with Gasteiger partial charge in [0.05, 0.1) is 6.04 Å². The molecule has 32 heavy (non-hydrogen) atoms. The number of hydrogen-bond acceptors (Lipinski definition) is 9. The van der Waals surface area contributed by atoms with Gasteiger partial charge in [-0.2, -0.15) is 0 Å². The van der Waals surface area contributed by atoms with Crippen LogP contribution in [0.25, 0.3) is 0 Å². The third kappa shape index (κ3) is 7.85. The largest absolute Gasteiger partial charge is 0.598 e. The summed E-state index contributed by atoms with van der Waals surface area (Å²) in [6.07, 6.45) is 3.53. The predicted octanol–water partition coefficient (Wildman–Crippen LogP) is 0.463. The average Bonchev–Trinajstić information content (AvgIpc) is 3.23. The number of hydrogen-bond donors (Lipinski definition) is 5. The number of ether oxygens (including phenoxy) is 1. The van der Waals surface area contributed by atoms with Gasteiger partial charge in [-0.25, -0.2) is 0 Å². The van der Waals surface area contributed by atoms with Crippen LogP contribution in [0.3, 0.4) is 0 Å². The van der Waals surface area contributed by atoms with E-state index in [1.54, 1.807) is 0 Å². The molecule has 0 unspecified atom stereocenters. The van der Waals surface area contributed by atoms with Gasteiger partial charge >= 0.3 is 0 Å². The van der Waals surface area contributed by atoms with Crippen LogP contribution < -0.4 is 4.72 Å². The van der Waals surface area contributed by atoms with E-state index in [2.05, 4.69) is 15.7 Å². The standard InChI is InChI=1S/C20H36N2O5S2.CH2O2/c1-20(2,3)29(26)21-14-9-5-4-8-13(12-22-10-6-7-11-22)28-19-17(25)15(23)16(24)18(14)27-19;2-1-3/h4-5,13-19,21,23-25H,6-12H2,1-3H3;1H,(H,2,3)/t13-,14+,15-,16+,17+,18+,19+,29+;/m0./s1.